The molecule has 0 aromatic heterocycles. The molecule has 0 bridgehead atoms. The van der Waals surface area contributed by atoms with E-state index in [-0.39, 0.29) is 5.69 Å². The molecule has 4 amide bonds. The lowest BCUT2D eigenvalue weighted by Crippen LogP contribution is -2.42. The van der Waals surface area contributed by atoms with E-state index in [1.165, 1.54) is 18.2 Å². The summed E-state index contributed by atoms with van der Waals surface area (Å²) in [5, 5.41) is 6.99. The fourth-order valence-corrected chi connectivity index (χ4v) is 3.59. The molecule has 6 nitrogen and oxygen atoms in total. The van der Waals surface area contributed by atoms with E-state index in [2.05, 4.69) is 10.6 Å². The highest BCUT2D eigenvalue weighted by atomic mass is 19.1. The van der Waals surface area contributed by atoms with E-state index in [0.717, 1.165) is 21.7 Å². The number of carbonyl (C=O) groups is 3. The van der Waals surface area contributed by atoms with Crippen LogP contribution in [-0.4, -0.2) is 29.3 Å². The average molecular weight is 391 g/mol. The maximum Gasteiger partial charge on any atom is 0.325 e. The average Bonchev–Trinajstić information content (AvgIpc) is 2.91. The zero-order valence-electron chi connectivity index (χ0n) is 15.6. The van der Waals surface area contributed by atoms with Crippen molar-refractivity contribution in [2.45, 2.75) is 12.5 Å². The monoisotopic (exact) mass is 391 g/mol. The molecule has 3 aromatic rings. The van der Waals surface area contributed by atoms with Crippen molar-refractivity contribution >= 4 is 34.3 Å². The first-order valence-electron chi connectivity index (χ1n) is 9.06. The first kappa shape index (κ1) is 18.6. The third kappa shape index (κ3) is 3.31. The molecule has 1 aliphatic heterocycles. The van der Waals surface area contributed by atoms with Gasteiger partial charge < -0.3 is 10.6 Å². The Morgan fingerprint density at radius 2 is 1.79 bits per heavy atom. The van der Waals surface area contributed by atoms with E-state index < -0.39 is 35.7 Å². The Morgan fingerprint density at radius 1 is 1.07 bits per heavy atom. The Kier molecular flexibility index (Phi) is 4.50. The molecule has 29 heavy (non-hydrogen) atoms. The van der Waals surface area contributed by atoms with E-state index in [0.29, 0.717) is 5.56 Å². The number of anilines is 1. The standard InChI is InChI=1S/C22H18FN3O3/c1-22(18-11-4-7-14-6-2-3-10-17(14)18)20(28)26(21(29)25-22)13-19(27)24-16-9-5-8-15(23)12-16/h2-12H,13H2,1H3,(H,24,27)(H,25,29)/t22-/m1/s1. The molecule has 0 aliphatic carbocycles. The second-order valence-electron chi connectivity index (χ2n) is 7.03. The van der Waals surface area contributed by atoms with E-state index in [9.17, 15) is 18.8 Å². The predicted molar refractivity (Wildman–Crippen MR) is 107 cm³/mol. The molecule has 0 spiro atoms. The first-order chi connectivity index (χ1) is 13.9. The number of fused-ring (bicyclic) bond motifs is 1. The number of halogens is 1. The van der Waals surface area contributed by atoms with Gasteiger partial charge in [-0.15, -0.1) is 0 Å². The highest BCUT2D eigenvalue weighted by Crippen LogP contribution is 2.33. The van der Waals surface area contributed by atoms with Gasteiger partial charge >= 0.3 is 6.03 Å². The summed E-state index contributed by atoms with van der Waals surface area (Å²) in [6, 6.07) is 17.8. The Bertz CT molecular complexity index is 1140. The summed E-state index contributed by atoms with van der Waals surface area (Å²) < 4.78 is 13.3. The zero-order chi connectivity index (χ0) is 20.6. The number of carbonyl (C=O) groups excluding carboxylic acids is 3. The Morgan fingerprint density at radius 3 is 2.59 bits per heavy atom. The number of hydrogen-bond acceptors (Lipinski definition) is 3. The number of hydrogen-bond donors (Lipinski definition) is 2. The number of rotatable bonds is 4. The molecule has 1 fully saturated rings. The van der Waals surface area contributed by atoms with E-state index in [4.69, 9.17) is 0 Å². The molecular formula is C22H18FN3O3. The quantitative estimate of drug-likeness (QED) is 0.669. The fourth-order valence-electron chi connectivity index (χ4n) is 3.59. The van der Waals surface area contributed by atoms with Crippen LogP contribution in [0.1, 0.15) is 12.5 Å². The van der Waals surface area contributed by atoms with Gasteiger partial charge in [0.2, 0.25) is 5.91 Å². The van der Waals surface area contributed by atoms with Gasteiger partial charge in [0, 0.05) is 5.69 Å². The highest BCUT2D eigenvalue weighted by molar-refractivity contribution is 6.11. The number of urea groups is 1. The van der Waals surface area contributed by atoms with Gasteiger partial charge in [0.1, 0.15) is 17.9 Å². The largest absolute Gasteiger partial charge is 0.325 e. The van der Waals surface area contributed by atoms with Crippen molar-refractivity contribution in [1.82, 2.24) is 10.2 Å². The number of amides is 4. The van der Waals surface area contributed by atoms with Gasteiger partial charge in [-0.2, -0.15) is 0 Å². The molecule has 0 unspecified atom stereocenters. The normalized spacial score (nSPS) is 18.8. The minimum Gasteiger partial charge on any atom is -0.324 e. The van der Waals surface area contributed by atoms with Crippen molar-refractivity contribution in [2.75, 3.05) is 11.9 Å². The predicted octanol–water partition coefficient (Wildman–Crippen LogP) is 3.38. The molecule has 1 atom stereocenters. The molecule has 0 saturated carbocycles. The van der Waals surface area contributed by atoms with Crippen LogP contribution in [0.2, 0.25) is 0 Å². The first-order valence-corrected chi connectivity index (χ1v) is 9.06. The van der Waals surface area contributed by atoms with Gasteiger partial charge in [-0.3, -0.25) is 14.5 Å². The Labute approximate surface area is 166 Å². The number of nitrogens with zero attached hydrogens (tertiary/aromatic N) is 1. The number of nitrogens with one attached hydrogen (secondary N) is 2. The molecule has 146 valence electrons. The van der Waals surface area contributed by atoms with Crippen molar-refractivity contribution in [3.8, 4) is 0 Å². The summed E-state index contributed by atoms with van der Waals surface area (Å²) in [4.78, 5) is 38.8. The fraction of sp³-hybridized carbons (Fsp3) is 0.136. The second-order valence-corrected chi connectivity index (χ2v) is 7.03. The third-order valence-electron chi connectivity index (χ3n) is 5.01. The summed E-state index contributed by atoms with van der Waals surface area (Å²) in [5.74, 6) is -1.61. The van der Waals surface area contributed by atoms with Crippen LogP contribution in [-0.2, 0) is 15.1 Å². The third-order valence-corrected chi connectivity index (χ3v) is 5.01. The summed E-state index contributed by atoms with van der Waals surface area (Å²) >= 11 is 0. The van der Waals surface area contributed by atoms with Gasteiger partial charge in [-0.1, -0.05) is 48.5 Å². The minimum absolute atomic E-state index is 0.249. The van der Waals surface area contributed by atoms with E-state index in [1.54, 1.807) is 13.0 Å². The summed E-state index contributed by atoms with van der Waals surface area (Å²) in [7, 11) is 0. The zero-order valence-corrected chi connectivity index (χ0v) is 15.6. The number of imide groups is 1. The van der Waals surface area contributed by atoms with Crippen LogP contribution >= 0.6 is 0 Å². The maximum absolute atomic E-state index is 13.3. The van der Waals surface area contributed by atoms with Gasteiger partial charge in [0.15, 0.2) is 0 Å². The number of benzene rings is 3. The molecule has 4 rings (SSSR count). The summed E-state index contributed by atoms with van der Waals surface area (Å²) in [6.07, 6.45) is 0. The van der Waals surface area contributed by atoms with Gasteiger partial charge in [-0.05, 0) is 41.5 Å². The van der Waals surface area contributed by atoms with E-state index in [1.807, 2.05) is 36.4 Å². The lowest BCUT2D eigenvalue weighted by atomic mass is 9.88. The van der Waals surface area contributed by atoms with Crippen molar-refractivity contribution < 1.29 is 18.8 Å². The van der Waals surface area contributed by atoms with Crippen molar-refractivity contribution in [2.24, 2.45) is 0 Å². The Hall–Kier alpha value is -3.74. The maximum atomic E-state index is 13.3. The molecular weight excluding hydrogens is 373 g/mol. The van der Waals surface area contributed by atoms with Crippen LogP contribution in [0.5, 0.6) is 0 Å². The SMILES string of the molecule is C[C@]1(c2cccc3ccccc23)NC(=O)N(CC(=O)Nc2cccc(F)c2)C1=O. The smallest absolute Gasteiger partial charge is 0.324 e. The molecule has 1 saturated heterocycles. The molecule has 2 N–H and O–H groups in total. The second kappa shape index (κ2) is 7.01. The lowest BCUT2D eigenvalue weighted by molar-refractivity contribution is -0.133. The van der Waals surface area contributed by atoms with E-state index >= 15 is 0 Å². The summed E-state index contributed by atoms with van der Waals surface area (Å²) in [6.45, 7) is 1.15. The Balaban J connectivity index is 1.59. The van der Waals surface area contributed by atoms with Crippen LogP contribution in [0.25, 0.3) is 10.8 Å². The molecule has 0 radical (unpaired) electrons. The molecule has 7 heteroatoms. The van der Waals surface area contributed by atoms with Crippen LogP contribution in [0.3, 0.4) is 0 Å². The molecule has 1 aliphatic rings. The lowest BCUT2D eigenvalue weighted by Gasteiger charge is -2.24. The van der Waals surface area contributed by atoms with Gasteiger partial charge in [0.25, 0.3) is 5.91 Å². The van der Waals surface area contributed by atoms with Crippen LogP contribution in [0.4, 0.5) is 14.9 Å². The van der Waals surface area contributed by atoms with Crippen LogP contribution in [0, 0.1) is 5.82 Å². The van der Waals surface area contributed by atoms with Gasteiger partial charge in [0.05, 0.1) is 0 Å². The van der Waals surface area contributed by atoms with Crippen LogP contribution < -0.4 is 10.6 Å². The van der Waals surface area contributed by atoms with Gasteiger partial charge in [-0.25, -0.2) is 9.18 Å². The van der Waals surface area contributed by atoms with Crippen molar-refractivity contribution in [3.05, 3.63) is 78.1 Å². The molecule has 1 heterocycles. The highest BCUT2D eigenvalue weighted by Gasteiger charge is 2.50. The van der Waals surface area contributed by atoms with Crippen molar-refractivity contribution in [3.63, 3.8) is 0 Å². The van der Waals surface area contributed by atoms with Crippen LogP contribution in [0.15, 0.2) is 66.7 Å². The topological polar surface area (TPSA) is 78.5 Å². The summed E-state index contributed by atoms with van der Waals surface area (Å²) in [5.41, 5.74) is -0.391. The van der Waals surface area contributed by atoms with Crippen molar-refractivity contribution in [1.29, 1.82) is 0 Å². The minimum atomic E-state index is -1.29. The molecule has 3 aromatic carbocycles.